The van der Waals surface area contributed by atoms with Crippen LogP contribution in [0.4, 0.5) is 0 Å². The smallest absolute Gasteiger partial charge is 0.178 e. The molecule has 0 bridgehead atoms. The van der Waals surface area contributed by atoms with Gasteiger partial charge in [-0.3, -0.25) is 4.79 Å². The summed E-state index contributed by atoms with van der Waals surface area (Å²) in [6.07, 6.45) is 0. The van der Waals surface area contributed by atoms with E-state index in [0.29, 0.717) is 5.56 Å². The second kappa shape index (κ2) is 3.86. The summed E-state index contributed by atoms with van der Waals surface area (Å²) in [5.41, 5.74) is 5.82. The molecule has 14 heavy (non-hydrogen) atoms. The molecule has 0 atom stereocenters. The lowest BCUT2D eigenvalue weighted by Crippen LogP contribution is -2.15. The third-order valence-corrected chi connectivity index (χ3v) is 2.25. The zero-order valence-electron chi connectivity index (χ0n) is 7.54. The van der Waals surface area contributed by atoms with Crippen LogP contribution in [0.2, 0.25) is 5.02 Å². The molecule has 1 rings (SSSR count). The first-order chi connectivity index (χ1) is 6.49. The molecule has 0 aliphatic carbocycles. The number of halogens is 1. The molecule has 0 aliphatic heterocycles. The number of phenolic OH excluding ortho intramolecular Hbond substituents is 2. The Kier molecular flexibility index (Phi) is 2.98. The number of nitrogens with two attached hydrogens (primary N) is 1. The summed E-state index contributed by atoms with van der Waals surface area (Å²) in [6, 6.07) is 1.27. The third kappa shape index (κ3) is 1.66. The second-order valence-electron chi connectivity index (χ2n) is 2.88. The molecule has 5 heteroatoms. The van der Waals surface area contributed by atoms with Gasteiger partial charge in [-0.25, -0.2) is 0 Å². The first-order valence-electron chi connectivity index (χ1n) is 3.93. The number of hydrogen-bond donors (Lipinski definition) is 3. The molecule has 0 fully saturated rings. The number of aromatic hydroxyl groups is 2. The van der Waals surface area contributed by atoms with E-state index in [1.807, 2.05) is 0 Å². The predicted octanol–water partition coefficient (Wildman–Crippen LogP) is 1.20. The summed E-state index contributed by atoms with van der Waals surface area (Å²) in [5, 5.41) is 18.3. The molecule has 0 radical (unpaired) electrons. The highest BCUT2D eigenvalue weighted by atomic mass is 35.5. The van der Waals surface area contributed by atoms with Crippen LogP contribution in [0.25, 0.3) is 0 Å². The van der Waals surface area contributed by atoms with Crippen LogP contribution in [0, 0.1) is 6.92 Å². The molecule has 0 saturated heterocycles. The standard InChI is InChI=1S/C9H10ClNO3/c1-4-2-5(12)9(14)8(10)7(4)6(13)3-11/h2,12,14H,3,11H2,1H3. The molecular weight excluding hydrogens is 206 g/mol. The minimum atomic E-state index is -0.492. The summed E-state index contributed by atoms with van der Waals surface area (Å²) >= 11 is 5.69. The highest BCUT2D eigenvalue weighted by molar-refractivity contribution is 6.36. The lowest BCUT2D eigenvalue weighted by molar-refractivity contribution is 0.100. The Bertz CT molecular complexity index is 390. The molecule has 0 spiro atoms. The number of carbonyl (C=O) groups excluding carboxylic acids is 1. The van der Waals surface area contributed by atoms with Gasteiger partial charge >= 0.3 is 0 Å². The number of phenols is 2. The minimum absolute atomic E-state index is 0.155. The lowest BCUT2D eigenvalue weighted by atomic mass is 10.0. The SMILES string of the molecule is Cc1cc(O)c(O)c(Cl)c1C(=O)CN. The van der Waals surface area contributed by atoms with Gasteiger partial charge in [0.2, 0.25) is 0 Å². The summed E-state index contributed by atoms with van der Waals surface area (Å²) in [5.74, 6) is -1.21. The van der Waals surface area contributed by atoms with Crippen molar-refractivity contribution in [1.82, 2.24) is 0 Å². The van der Waals surface area contributed by atoms with Gasteiger partial charge in [0.25, 0.3) is 0 Å². The molecule has 0 aromatic heterocycles. The van der Waals surface area contributed by atoms with Crippen LogP contribution in [0.3, 0.4) is 0 Å². The molecule has 4 nitrogen and oxygen atoms in total. The van der Waals surface area contributed by atoms with Crippen molar-refractivity contribution in [3.63, 3.8) is 0 Å². The van der Waals surface area contributed by atoms with E-state index in [1.165, 1.54) is 6.07 Å². The third-order valence-electron chi connectivity index (χ3n) is 1.88. The Morgan fingerprint density at radius 2 is 2.14 bits per heavy atom. The normalized spacial score (nSPS) is 10.2. The number of hydrogen-bond acceptors (Lipinski definition) is 4. The number of ketones is 1. The van der Waals surface area contributed by atoms with Crippen molar-refractivity contribution in [2.45, 2.75) is 6.92 Å². The van der Waals surface area contributed by atoms with Crippen LogP contribution in [0.5, 0.6) is 11.5 Å². The van der Waals surface area contributed by atoms with Crippen molar-refractivity contribution < 1.29 is 15.0 Å². The molecular formula is C9H10ClNO3. The van der Waals surface area contributed by atoms with Gasteiger partial charge in [-0.15, -0.1) is 0 Å². The van der Waals surface area contributed by atoms with Crippen LogP contribution in [0.15, 0.2) is 6.07 Å². The van der Waals surface area contributed by atoms with Gasteiger partial charge in [0.05, 0.1) is 11.6 Å². The Labute approximate surface area is 85.9 Å². The Hall–Kier alpha value is -1.26. The molecule has 0 heterocycles. The van der Waals surface area contributed by atoms with Gasteiger partial charge in [0.15, 0.2) is 17.3 Å². The zero-order valence-corrected chi connectivity index (χ0v) is 8.30. The van der Waals surface area contributed by atoms with Crippen LogP contribution in [-0.2, 0) is 0 Å². The first kappa shape index (κ1) is 10.8. The fraction of sp³-hybridized carbons (Fsp3) is 0.222. The maximum absolute atomic E-state index is 11.3. The van der Waals surface area contributed by atoms with Gasteiger partial charge in [0.1, 0.15) is 0 Å². The van der Waals surface area contributed by atoms with Gasteiger partial charge in [-0.2, -0.15) is 0 Å². The van der Waals surface area contributed by atoms with Crippen molar-refractivity contribution in [2.24, 2.45) is 5.73 Å². The van der Waals surface area contributed by atoms with Gasteiger partial charge in [-0.1, -0.05) is 11.6 Å². The highest BCUT2D eigenvalue weighted by Crippen LogP contribution is 2.37. The number of Topliss-reactive ketones (excluding diaryl/α,β-unsaturated/α-hetero) is 1. The fourth-order valence-electron chi connectivity index (χ4n) is 1.19. The number of rotatable bonds is 2. The Morgan fingerprint density at radius 3 is 2.64 bits per heavy atom. The van der Waals surface area contributed by atoms with E-state index >= 15 is 0 Å². The number of aryl methyl sites for hydroxylation is 1. The largest absolute Gasteiger partial charge is 0.504 e. The first-order valence-corrected chi connectivity index (χ1v) is 4.31. The van der Waals surface area contributed by atoms with Crippen LogP contribution >= 0.6 is 11.6 Å². The van der Waals surface area contributed by atoms with Crippen LogP contribution in [0.1, 0.15) is 15.9 Å². The van der Waals surface area contributed by atoms with Gasteiger partial charge < -0.3 is 15.9 Å². The molecule has 0 saturated carbocycles. The minimum Gasteiger partial charge on any atom is -0.504 e. The molecule has 76 valence electrons. The fourth-order valence-corrected chi connectivity index (χ4v) is 1.55. The Morgan fingerprint density at radius 1 is 1.57 bits per heavy atom. The summed E-state index contributed by atoms with van der Waals surface area (Å²) in [6.45, 7) is 1.42. The van der Waals surface area contributed by atoms with E-state index < -0.39 is 5.75 Å². The molecule has 0 aliphatic rings. The van der Waals surface area contributed by atoms with E-state index in [0.717, 1.165) is 0 Å². The van der Waals surface area contributed by atoms with Crippen LogP contribution in [-0.4, -0.2) is 22.5 Å². The van der Waals surface area contributed by atoms with E-state index in [1.54, 1.807) is 6.92 Å². The molecule has 4 N–H and O–H groups in total. The molecule has 0 amide bonds. The second-order valence-corrected chi connectivity index (χ2v) is 3.26. The van der Waals surface area contributed by atoms with E-state index in [2.05, 4.69) is 0 Å². The van der Waals surface area contributed by atoms with Gasteiger partial charge in [-0.05, 0) is 18.6 Å². The Balaban J connectivity index is 3.44. The predicted molar refractivity (Wildman–Crippen MR) is 52.9 cm³/mol. The van der Waals surface area contributed by atoms with E-state index in [9.17, 15) is 15.0 Å². The van der Waals surface area contributed by atoms with Crippen molar-refractivity contribution in [3.8, 4) is 11.5 Å². The highest BCUT2D eigenvalue weighted by Gasteiger charge is 2.18. The lowest BCUT2D eigenvalue weighted by Gasteiger charge is -2.09. The topological polar surface area (TPSA) is 83.5 Å². The van der Waals surface area contributed by atoms with Crippen molar-refractivity contribution >= 4 is 17.4 Å². The maximum Gasteiger partial charge on any atom is 0.178 e. The summed E-state index contributed by atoms with van der Waals surface area (Å²) in [4.78, 5) is 11.3. The molecule has 1 aromatic rings. The zero-order chi connectivity index (χ0) is 10.9. The van der Waals surface area contributed by atoms with Crippen LogP contribution < -0.4 is 5.73 Å². The quantitative estimate of drug-likeness (QED) is 0.511. The average Bonchev–Trinajstić information content (AvgIpc) is 2.14. The molecule has 0 unspecified atom stereocenters. The van der Waals surface area contributed by atoms with Crippen molar-refractivity contribution in [3.05, 3.63) is 22.2 Å². The van der Waals surface area contributed by atoms with E-state index in [4.69, 9.17) is 17.3 Å². The van der Waals surface area contributed by atoms with Crippen molar-refractivity contribution in [1.29, 1.82) is 0 Å². The average molecular weight is 216 g/mol. The number of carbonyl (C=O) groups is 1. The number of benzene rings is 1. The van der Waals surface area contributed by atoms with Gasteiger partial charge in [0, 0.05) is 5.56 Å². The maximum atomic E-state index is 11.3. The molecule has 1 aromatic carbocycles. The van der Waals surface area contributed by atoms with E-state index in [-0.39, 0.29) is 28.7 Å². The summed E-state index contributed by atoms with van der Waals surface area (Å²) < 4.78 is 0. The summed E-state index contributed by atoms with van der Waals surface area (Å²) in [7, 11) is 0. The van der Waals surface area contributed by atoms with Crippen molar-refractivity contribution in [2.75, 3.05) is 6.54 Å². The monoisotopic (exact) mass is 215 g/mol.